The zero-order chi connectivity index (χ0) is 16.9. The number of likely N-dealkylation sites (N-methyl/N-ethyl adjacent to an activating group) is 1. The standard InChI is InChI=1S/C20H24N2OS/c1-3-22-10-9-17-7-8-18(12-19(17)22)21-20(23)14-24-13-16-6-4-5-15(2)11-16/h4-8,11-12H,3,9-10,13-14H2,1-2H3,(H,21,23). The molecule has 1 aliphatic rings. The van der Waals surface area contributed by atoms with Gasteiger partial charge in [-0.05, 0) is 43.5 Å². The Kier molecular flexibility index (Phi) is 5.46. The summed E-state index contributed by atoms with van der Waals surface area (Å²) in [5, 5.41) is 3.03. The second-order valence-corrected chi connectivity index (χ2v) is 7.19. The Morgan fingerprint density at radius 1 is 1.25 bits per heavy atom. The summed E-state index contributed by atoms with van der Waals surface area (Å²) in [5.74, 6) is 1.40. The smallest absolute Gasteiger partial charge is 0.234 e. The monoisotopic (exact) mass is 340 g/mol. The van der Waals surface area contributed by atoms with Crippen molar-refractivity contribution >= 4 is 29.0 Å². The molecule has 0 bridgehead atoms. The average molecular weight is 340 g/mol. The van der Waals surface area contributed by atoms with Gasteiger partial charge in [0.1, 0.15) is 0 Å². The van der Waals surface area contributed by atoms with Crippen molar-refractivity contribution in [2.24, 2.45) is 0 Å². The maximum absolute atomic E-state index is 12.2. The van der Waals surface area contributed by atoms with Gasteiger partial charge >= 0.3 is 0 Å². The maximum atomic E-state index is 12.2. The number of nitrogens with zero attached hydrogens (tertiary/aromatic N) is 1. The lowest BCUT2D eigenvalue weighted by Crippen LogP contribution is -2.19. The Balaban J connectivity index is 1.52. The number of thioether (sulfide) groups is 1. The van der Waals surface area contributed by atoms with Gasteiger partial charge in [0.2, 0.25) is 5.91 Å². The molecule has 1 amide bonds. The number of hydrogen-bond acceptors (Lipinski definition) is 3. The number of carbonyl (C=O) groups excluding carboxylic acids is 1. The number of anilines is 2. The molecule has 0 saturated carbocycles. The normalized spacial score (nSPS) is 13.0. The lowest BCUT2D eigenvalue weighted by atomic mass is 10.1. The van der Waals surface area contributed by atoms with E-state index in [-0.39, 0.29) is 5.91 Å². The third kappa shape index (κ3) is 4.12. The van der Waals surface area contributed by atoms with Gasteiger partial charge in [0.25, 0.3) is 0 Å². The first-order valence-electron chi connectivity index (χ1n) is 8.46. The van der Waals surface area contributed by atoms with Gasteiger partial charge in [0.15, 0.2) is 0 Å². The molecular weight excluding hydrogens is 316 g/mol. The highest BCUT2D eigenvalue weighted by Gasteiger charge is 2.18. The van der Waals surface area contributed by atoms with Gasteiger partial charge in [-0.3, -0.25) is 4.79 Å². The van der Waals surface area contributed by atoms with Crippen molar-refractivity contribution in [3.63, 3.8) is 0 Å². The Bertz CT molecular complexity index is 729. The number of fused-ring (bicyclic) bond motifs is 1. The Hall–Kier alpha value is -1.94. The molecule has 126 valence electrons. The number of hydrogen-bond donors (Lipinski definition) is 1. The summed E-state index contributed by atoms with van der Waals surface area (Å²) in [6.07, 6.45) is 1.10. The highest BCUT2D eigenvalue weighted by Crippen LogP contribution is 2.30. The molecule has 3 nitrogen and oxygen atoms in total. The molecule has 0 aliphatic carbocycles. The molecule has 0 atom stereocenters. The largest absolute Gasteiger partial charge is 0.371 e. The fourth-order valence-corrected chi connectivity index (χ4v) is 3.89. The first-order valence-corrected chi connectivity index (χ1v) is 9.62. The molecule has 2 aromatic carbocycles. The van der Waals surface area contributed by atoms with Crippen LogP contribution in [0.15, 0.2) is 42.5 Å². The molecule has 24 heavy (non-hydrogen) atoms. The van der Waals surface area contributed by atoms with Gasteiger partial charge in [-0.15, -0.1) is 11.8 Å². The molecule has 3 rings (SSSR count). The van der Waals surface area contributed by atoms with E-state index in [4.69, 9.17) is 0 Å². The molecule has 1 heterocycles. The van der Waals surface area contributed by atoms with Crippen LogP contribution in [0.5, 0.6) is 0 Å². The summed E-state index contributed by atoms with van der Waals surface area (Å²) in [4.78, 5) is 14.5. The van der Waals surface area contributed by atoms with Gasteiger partial charge < -0.3 is 10.2 Å². The molecule has 0 unspecified atom stereocenters. The number of benzene rings is 2. The number of nitrogens with one attached hydrogen (secondary N) is 1. The SMILES string of the molecule is CCN1CCc2ccc(NC(=O)CSCc3cccc(C)c3)cc21. The Morgan fingerprint density at radius 2 is 2.12 bits per heavy atom. The highest BCUT2D eigenvalue weighted by atomic mass is 32.2. The van der Waals surface area contributed by atoms with E-state index < -0.39 is 0 Å². The fourth-order valence-electron chi connectivity index (χ4n) is 3.11. The average Bonchev–Trinajstić information content (AvgIpc) is 2.97. The molecule has 0 aromatic heterocycles. The highest BCUT2D eigenvalue weighted by molar-refractivity contribution is 7.99. The fraction of sp³-hybridized carbons (Fsp3) is 0.350. The lowest BCUT2D eigenvalue weighted by Gasteiger charge is -2.17. The molecule has 2 aromatic rings. The van der Waals surface area contributed by atoms with Crippen LogP contribution in [0.3, 0.4) is 0 Å². The van der Waals surface area contributed by atoms with Crippen LogP contribution in [0.4, 0.5) is 11.4 Å². The quantitative estimate of drug-likeness (QED) is 0.853. The first kappa shape index (κ1) is 16.9. The Labute approximate surface area is 148 Å². The van der Waals surface area contributed by atoms with Gasteiger partial charge in [-0.2, -0.15) is 0 Å². The van der Waals surface area contributed by atoms with Gasteiger partial charge in [0, 0.05) is 30.2 Å². The van der Waals surface area contributed by atoms with Gasteiger partial charge in [-0.1, -0.05) is 35.9 Å². The van der Waals surface area contributed by atoms with E-state index in [1.54, 1.807) is 11.8 Å². The summed E-state index contributed by atoms with van der Waals surface area (Å²) in [6.45, 7) is 6.35. The molecule has 0 fully saturated rings. The van der Waals surface area contributed by atoms with Crippen LogP contribution in [-0.4, -0.2) is 24.7 Å². The first-order chi connectivity index (χ1) is 11.7. The zero-order valence-corrected chi connectivity index (χ0v) is 15.2. The summed E-state index contributed by atoms with van der Waals surface area (Å²) >= 11 is 1.65. The van der Waals surface area contributed by atoms with Crippen molar-refractivity contribution in [2.45, 2.75) is 26.0 Å². The minimum atomic E-state index is 0.0636. The van der Waals surface area contributed by atoms with Gasteiger partial charge in [-0.25, -0.2) is 0 Å². The molecule has 1 N–H and O–H groups in total. The van der Waals surface area contributed by atoms with E-state index in [0.29, 0.717) is 5.75 Å². The zero-order valence-electron chi connectivity index (χ0n) is 14.3. The van der Waals surface area contributed by atoms with E-state index in [2.05, 4.69) is 60.5 Å². The summed E-state index contributed by atoms with van der Waals surface area (Å²) in [5.41, 5.74) is 6.07. The minimum absolute atomic E-state index is 0.0636. The van der Waals surface area contributed by atoms with Crippen LogP contribution >= 0.6 is 11.8 Å². The lowest BCUT2D eigenvalue weighted by molar-refractivity contribution is -0.113. The summed E-state index contributed by atoms with van der Waals surface area (Å²) in [6, 6.07) is 14.7. The van der Waals surface area contributed by atoms with Crippen molar-refractivity contribution in [1.82, 2.24) is 0 Å². The number of amides is 1. The van der Waals surface area contributed by atoms with Crippen LogP contribution in [0.1, 0.15) is 23.6 Å². The number of aryl methyl sites for hydroxylation is 1. The van der Waals surface area contributed by atoms with E-state index in [1.807, 2.05) is 6.07 Å². The van der Waals surface area contributed by atoms with Crippen LogP contribution in [0, 0.1) is 6.92 Å². The van der Waals surface area contributed by atoms with Crippen molar-refractivity contribution in [2.75, 3.05) is 29.1 Å². The second-order valence-electron chi connectivity index (χ2n) is 6.20. The third-order valence-electron chi connectivity index (χ3n) is 4.33. The topological polar surface area (TPSA) is 32.3 Å². The van der Waals surface area contributed by atoms with Crippen molar-refractivity contribution < 1.29 is 4.79 Å². The molecular formula is C20H24N2OS. The molecule has 4 heteroatoms. The van der Waals surface area contributed by atoms with E-state index in [9.17, 15) is 4.79 Å². The minimum Gasteiger partial charge on any atom is -0.371 e. The molecule has 1 aliphatic heterocycles. The van der Waals surface area contributed by atoms with Crippen LogP contribution < -0.4 is 10.2 Å². The van der Waals surface area contributed by atoms with Crippen LogP contribution in [0.25, 0.3) is 0 Å². The maximum Gasteiger partial charge on any atom is 0.234 e. The van der Waals surface area contributed by atoms with Crippen molar-refractivity contribution in [3.05, 3.63) is 59.2 Å². The van der Waals surface area contributed by atoms with Gasteiger partial charge in [0.05, 0.1) is 5.75 Å². The Morgan fingerprint density at radius 3 is 2.92 bits per heavy atom. The second kappa shape index (κ2) is 7.75. The van der Waals surface area contributed by atoms with Crippen LogP contribution in [0.2, 0.25) is 0 Å². The predicted molar refractivity (Wildman–Crippen MR) is 104 cm³/mol. The number of rotatable bonds is 6. The van der Waals surface area contributed by atoms with E-state index in [1.165, 1.54) is 22.4 Å². The number of carbonyl (C=O) groups is 1. The molecule has 0 radical (unpaired) electrons. The van der Waals surface area contributed by atoms with Crippen molar-refractivity contribution in [3.8, 4) is 0 Å². The molecule has 0 saturated heterocycles. The summed E-state index contributed by atoms with van der Waals surface area (Å²) < 4.78 is 0. The predicted octanol–water partition coefficient (Wildman–Crippen LogP) is 4.25. The summed E-state index contributed by atoms with van der Waals surface area (Å²) in [7, 11) is 0. The molecule has 0 spiro atoms. The van der Waals surface area contributed by atoms with E-state index in [0.717, 1.165) is 31.0 Å². The van der Waals surface area contributed by atoms with Crippen molar-refractivity contribution in [1.29, 1.82) is 0 Å². The van der Waals surface area contributed by atoms with E-state index >= 15 is 0 Å². The van der Waals surface area contributed by atoms with Crippen LogP contribution in [-0.2, 0) is 17.0 Å². The third-order valence-corrected chi connectivity index (χ3v) is 5.33.